The standard InChI is InChI=1S/C22H38N4O3.HI/c1-6-26(7-2)12-14-28-19-10-9-18(15-20(19)27-5)16-24-21(23-4)25-17-22(3)11-8-13-29-22;/h9-10,15H,6-8,11-14,16-17H2,1-5H3,(H2,23,24,25);1H. The number of nitrogens with one attached hydrogen (secondary N) is 2. The van der Waals surface area contributed by atoms with Crippen LogP contribution in [0, 0.1) is 0 Å². The predicted molar refractivity (Wildman–Crippen MR) is 133 cm³/mol. The monoisotopic (exact) mass is 534 g/mol. The van der Waals surface area contributed by atoms with Crippen molar-refractivity contribution in [3.8, 4) is 11.5 Å². The van der Waals surface area contributed by atoms with Gasteiger partial charge >= 0.3 is 0 Å². The van der Waals surface area contributed by atoms with E-state index in [1.165, 1.54) is 0 Å². The normalized spacial score (nSPS) is 18.8. The number of hydrogen-bond donors (Lipinski definition) is 2. The first kappa shape index (κ1) is 26.8. The van der Waals surface area contributed by atoms with Gasteiger partial charge in [-0.15, -0.1) is 24.0 Å². The minimum atomic E-state index is -0.106. The summed E-state index contributed by atoms with van der Waals surface area (Å²) < 4.78 is 17.3. The summed E-state index contributed by atoms with van der Waals surface area (Å²) in [6, 6.07) is 6.03. The van der Waals surface area contributed by atoms with Crippen LogP contribution in [-0.2, 0) is 11.3 Å². The SMILES string of the molecule is CCN(CC)CCOc1ccc(CNC(=NC)NCC2(C)CCCO2)cc1OC.I. The number of methoxy groups -OCH3 is 1. The molecule has 8 heteroatoms. The van der Waals surface area contributed by atoms with E-state index in [0.29, 0.717) is 13.2 Å². The van der Waals surface area contributed by atoms with Gasteiger partial charge in [-0.2, -0.15) is 0 Å². The summed E-state index contributed by atoms with van der Waals surface area (Å²) in [6.45, 7) is 12.3. The summed E-state index contributed by atoms with van der Waals surface area (Å²) in [5.74, 6) is 2.29. The number of guanidine groups is 1. The minimum Gasteiger partial charge on any atom is -0.493 e. The first-order valence-electron chi connectivity index (χ1n) is 10.6. The Morgan fingerprint density at radius 3 is 2.60 bits per heavy atom. The summed E-state index contributed by atoms with van der Waals surface area (Å²) in [6.07, 6.45) is 2.19. The van der Waals surface area contributed by atoms with E-state index in [0.717, 1.165) is 68.6 Å². The van der Waals surface area contributed by atoms with Crippen LogP contribution in [0.4, 0.5) is 0 Å². The average Bonchev–Trinajstić information content (AvgIpc) is 3.18. The lowest BCUT2D eigenvalue weighted by Gasteiger charge is -2.24. The first-order valence-corrected chi connectivity index (χ1v) is 10.6. The number of likely N-dealkylation sites (N-methyl/N-ethyl adjacent to an activating group) is 1. The highest BCUT2D eigenvalue weighted by molar-refractivity contribution is 14.0. The van der Waals surface area contributed by atoms with Gasteiger partial charge in [-0.25, -0.2) is 0 Å². The van der Waals surface area contributed by atoms with Crippen molar-refractivity contribution in [1.82, 2.24) is 15.5 Å². The second kappa shape index (κ2) is 13.9. The molecule has 1 aliphatic rings. The summed E-state index contributed by atoms with van der Waals surface area (Å²) in [4.78, 5) is 6.64. The number of rotatable bonds is 11. The molecule has 1 fully saturated rings. The number of ether oxygens (including phenoxy) is 3. The van der Waals surface area contributed by atoms with Crippen LogP contribution in [0.1, 0.15) is 39.2 Å². The van der Waals surface area contributed by atoms with Crippen LogP contribution >= 0.6 is 24.0 Å². The molecule has 1 aromatic rings. The van der Waals surface area contributed by atoms with Crippen molar-refractivity contribution >= 4 is 29.9 Å². The van der Waals surface area contributed by atoms with Crippen LogP contribution in [0.5, 0.6) is 11.5 Å². The van der Waals surface area contributed by atoms with Gasteiger partial charge < -0.3 is 29.7 Å². The molecular weight excluding hydrogens is 495 g/mol. The molecule has 0 aromatic heterocycles. The van der Waals surface area contributed by atoms with Gasteiger partial charge in [0.1, 0.15) is 6.61 Å². The van der Waals surface area contributed by atoms with E-state index < -0.39 is 0 Å². The predicted octanol–water partition coefficient (Wildman–Crippen LogP) is 3.27. The highest BCUT2D eigenvalue weighted by Crippen LogP contribution is 2.28. The van der Waals surface area contributed by atoms with Crippen molar-refractivity contribution in [2.24, 2.45) is 4.99 Å². The maximum atomic E-state index is 5.93. The fraction of sp³-hybridized carbons (Fsp3) is 0.682. The Morgan fingerprint density at radius 1 is 1.23 bits per heavy atom. The van der Waals surface area contributed by atoms with Gasteiger partial charge in [-0.1, -0.05) is 19.9 Å². The van der Waals surface area contributed by atoms with Crippen LogP contribution < -0.4 is 20.1 Å². The second-order valence-corrected chi connectivity index (χ2v) is 7.54. The van der Waals surface area contributed by atoms with Crippen molar-refractivity contribution in [2.75, 3.05) is 53.6 Å². The Balaban J connectivity index is 0.00000450. The third kappa shape index (κ3) is 8.47. The van der Waals surface area contributed by atoms with Crippen molar-refractivity contribution in [3.05, 3.63) is 23.8 Å². The molecule has 0 amide bonds. The van der Waals surface area contributed by atoms with Gasteiger partial charge in [0.05, 0.1) is 12.7 Å². The molecule has 1 aliphatic heterocycles. The fourth-order valence-corrected chi connectivity index (χ4v) is 3.42. The number of benzene rings is 1. The van der Waals surface area contributed by atoms with Crippen molar-refractivity contribution < 1.29 is 14.2 Å². The summed E-state index contributed by atoms with van der Waals surface area (Å²) in [5, 5.41) is 6.72. The van der Waals surface area contributed by atoms with E-state index >= 15 is 0 Å². The molecule has 0 saturated carbocycles. The lowest BCUT2D eigenvalue weighted by molar-refractivity contribution is 0.0243. The highest BCUT2D eigenvalue weighted by atomic mass is 127. The van der Waals surface area contributed by atoms with Crippen molar-refractivity contribution in [2.45, 2.75) is 45.8 Å². The lowest BCUT2D eigenvalue weighted by atomic mass is 10.0. The van der Waals surface area contributed by atoms with Gasteiger partial charge in [0.25, 0.3) is 0 Å². The van der Waals surface area contributed by atoms with Gasteiger partial charge in [-0.05, 0) is 50.6 Å². The van der Waals surface area contributed by atoms with Gasteiger partial charge in [-0.3, -0.25) is 4.99 Å². The fourth-order valence-electron chi connectivity index (χ4n) is 3.42. The molecular formula is C22H39IN4O3. The van der Waals surface area contributed by atoms with Gasteiger partial charge in [0.15, 0.2) is 17.5 Å². The Morgan fingerprint density at radius 2 is 2.00 bits per heavy atom. The molecule has 0 radical (unpaired) electrons. The Kier molecular flexibility index (Phi) is 12.4. The number of hydrogen-bond acceptors (Lipinski definition) is 5. The smallest absolute Gasteiger partial charge is 0.191 e. The van der Waals surface area contributed by atoms with Crippen LogP contribution in [-0.4, -0.2) is 70.0 Å². The van der Waals surface area contributed by atoms with Crippen LogP contribution in [0.3, 0.4) is 0 Å². The molecule has 2 rings (SSSR count). The number of nitrogens with zero attached hydrogens (tertiary/aromatic N) is 2. The van der Waals surface area contributed by atoms with E-state index in [4.69, 9.17) is 14.2 Å². The zero-order valence-electron chi connectivity index (χ0n) is 19.1. The molecule has 7 nitrogen and oxygen atoms in total. The van der Waals surface area contributed by atoms with Crippen LogP contribution in [0.2, 0.25) is 0 Å². The quantitative estimate of drug-likeness (QED) is 0.258. The van der Waals surface area contributed by atoms with Crippen LogP contribution in [0.15, 0.2) is 23.2 Å². The average molecular weight is 534 g/mol. The molecule has 172 valence electrons. The minimum absolute atomic E-state index is 0. The molecule has 1 atom stereocenters. The zero-order valence-corrected chi connectivity index (χ0v) is 21.5. The van der Waals surface area contributed by atoms with E-state index in [2.05, 4.69) is 47.4 Å². The Labute approximate surface area is 199 Å². The molecule has 1 saturated heterocycles. The van der Waals surface area contributed by atoms with Crippen molar-refractivity contribution in [1.29, 1.82) is 0 Å². The summed E-state index contributed by atoms with van der Waals surface area (Å²) in [7, 11) is 3.45. The van der Waals surface area contributed by atoms with E-state index in [1.807, 2.05) is 12.1 Å². The molecule has 0 spiro atoms. The topological polar surface area (TPSA) is 67.4 Å². The molecule has 1 heterocycles. The van der Waals surface area contributed by atoms with Gasteiger partial charge in [0.2, 0.25) is 0 Å². The molecule has 1 aromatic carbocycles. The molecule has 1 unspecified atom stereocenters. The number of aliphatic imine (C=N–C) groups is 1. The highest BCUT2D eigenvalue weighted by Gasteiger charge is 2.29. The second-order valence-electron chi connectivity index (χ2n) is 7.54. The molecule has 2 N–H and O–H groups in total. The third-order valence-corrected chi connectivity index (χ3v) is 5.40. The van der Waals surface area contributed by atoms with Crippen LogP contribution in [0.25, 0.3) is 0 Å². The zero-order chi connectivity index (χ0) is 21.1. The maximum Gasteiger partial charge on any atom is 0.191 e. The van der Waals surface area contributed by atoms with E-state index in [9.17, 15) is 0 Å². The van der Waals surface area contributed by atoms with Gasteiger partial charge in [0, 0.05) is 33.3 Å². The first-order chi connectivity index (χ1) is 14.0. The van der Waals surface area contributed by atoms with E-state index in [1.54, 1.807) is 14.2 Å². The van der Waals surface area contributed by atoms with Crippen molar-refractivity contribution in [3.63, 3.8) is 0 Å². The van der Waals surface area contributed by atoms with E-state index in [-0.39, 0.29) is 29.6 Å². The summed E-state index contributed by atoms with van der Waals surface area (Å²) in [5.41, 5.74) is 0.995. The Hall–Kier alpha value is -1.26. The Bertz CT molecular complexity index is 647. The lowest BCUT2D eigenvalue weighted by Crippen LogP contribution is -2.45. The molecule has 30 heavy (non-hydrogen) atoms. The summed E-state index contributed by atoms with van der Waals surface area (Å²) >= 11 is 0. The maximum absolute atomic E-state index is 5.93. The number of halogens is 1. The molecule has 0 bridgehead atoms. The third-order valence-electron chi connectivity index (χ3n) is 5.40. The molecule has 0 aliphatic carbocycles. The largest absolute Gasteiger partial charge is 0.493 e.